The van der Waals surface area contributed by atoms with Crippen LogP contribution in [0.15, 0.2) is 0 Å². The van der Waals surface area contributed by atoms with Crippen LogP contribution in [0.2, 0.25) is 0 Å². The van der Waals surface area contributed by atoms with Crippen molar-refractivity contribution in [1.29, 1.82) is 0 Å². The minimum atomic E-state index is -0.791. The van der Waals surface area contributed by atoms with Crippen molar-refractivity contribution in [3.63, 3.8) is 0 Å². The number of hydrogen-bond donors (Lipinski definition) is 3. The topological polar surface area (TPSA) is 89.9 Å². The molecular formula is C14H24N2O4. The molecular weight excluding hydrogens is 260 g/mol. The molecule has 114 valence electrons. The average molecular weight is 284 g/mol. The smallest absolute Gasteiger partial charge is 0.317 e. The van der Waals surface area contributed by atoms with E-state index in [0.717, 1.165) is 19.3 Å². The molecule has 0 radical (unpaired) electrons. The Morgan fingerprint density at radius 1 is 1.30 bits per heavy atom. The first kappa shape index (κ1) is 15.1. The number of carboxylic acids is 1. The quantitative estimate of drug-likeness (QED) is 0.676. The maximum atomic E-state index is 12.2. The molecule has 3 N–H and O–H groups in total. The summed E-state index contributed by atoms with van der Waals surface area (Å²) in [5.41, 5.74) is 0. The number of aliphatic carboxylic acids is 1. The number of aliphatic hydroxyl groups is 1. The summed E-state index contributed by atoms with van der Waals surface area (Å²) >= 11 is 0. The number of nitrogens with zero attached hydrogens (tertiary/aromatic N) is 1. The highest BCUT2D eigenvalue weighted by atomic mass is 16.4. The third-order valence-electron chi connectivity index (χ3n) is 4.75. The van der Waals surface area contributed by atoms with Gasteiger partial charge in [-0.25, -0.2) is 4.79 Å². The number of carbonyl (C=O) groups excluding carboxylic acids is 1. The number of hydrogen-bond acceptors (Lipinski definition) is 3. The Kier molecular flexibility index (Phi) is 4.86. The lowest BCUT2D eigenvalue weighted by atomic mass is 9.84. The number of aliphatic hydroxyl groups excluding tert-OH is 1. The number of amides is 2. The van der Waals surface area contributed by atoms with E-state index in [4.69, 9.17) is 5.11 Å². The third-order valence-corrected chi connectivity index (χ3v) is 4.75. The summed E-state index contributed by atoms with van der Waals surface area (Å²) in [6.07, 6.45) is 3.45. The van der Waals surface area contributed by atoms with Gasteiger partial charge in [0.05, 0.1) is 5.92 Å². The molecule has 2 saturated carbocycles. The molecule has 0 heterocycles. The first-order chi connectivity index (χ1) is 9.58. The Bertz CT molecular complexity index is 374. The van der Waals surface area contributed by atoms with Gasteiger partial charge in [0, 0.05) is 25.7 Å². The molecule has 2 amide bonds. The van der Waals surface area contributed by atoms with Gasteiger partial charge in [-0.3, -0.25) is 4.79 Å². The zero-order valence-corrected chi connectivity index (χ0v) is 11.9. The standard InChI is InChI=1S/C14H24N2O4/c1-2-16(6-3-7-17)14(20)15-12-10-5-4-9(8-10)11(12)13(18)19/h9-12,17H,2-8H2,1H3,(H,15,20)(H,18,19). The summed E-state index contributed by atoms with van der Waals surface area (Å²) in [6, 6.07) is -0.438. The van der Waals surface area contributed by atoms with Crippen LogP contribution in [0.4, 0.5) is 4.79 Å². The van der Waals surface area contributed by atoms with Crippen molar-refractivity contribution in [2.45, 2.75) is 38.6 Å². The zero-order chi connectivity index (χ0) is 14.7. The molecule has 2 bridgehead atoms. The Balaban J connectivity index is 1.97. The van der Waals surface area contributed by atoms with Crippen LogP contribution in [0, 0.1) is 17.8 Å². The third kappa shape index (κ3) is 2.90. The molecule has 2 aliphatic rings. The van der Waals surface area contributed by atoms with E-state index in [1.807, 2.05) is 6.92 Å². The molecule has 2 rings (SSSR count). The van der Waals surface area contributed by atoms with E-state index in [-0.39, 0.29) is 24.6 Å². The van der Waals surface area contributed by atoms with Crippen molar-refractivity contribution in [1.82, 2.24) is 10.2 Å². The molecule has 0 aromatic rings. The van der Waals surface area contributed by atoms with Gasteiger partial charge in [0.2, 0.25) is 0 Å². The lowest BCUT2D eigenvalue weighted by molar-refractivity contribution is -0.144. The second-order valence-corrected chi connectivity index (χ2v) is 5.83. The zero-order valence-electron chi connectivity index (χ0n) is 11.9. The lowest BCUT2D eigenvalue weighted by Crippen LogP contribution is -2.51. The van der Waals surface area contributed by atoms with Crippen LogP contribution in [0.25, 0.3) is 0 Å². The van der Waals surface area contributed by atoms with Crippen LogP contribution in [-0.2, 0) is 4.79 Å². The maximum absolute atomic E-state index is 12.2. The van der Waals surface area contributed by atoms with E-state index < -0.39 is 11.9 Å². The van der Waals surface area contributed by atoms with E-state index in [2.05, 4.69) is 5.32 Å². The van der Waals surface area contributed by atoms with Crippen molar-refractivity contribution >= 4 is 12.0 Å². The predicted molar refractivity (Wildman–Crippen MR) is 73.2 cm³/mol. The lowest BCUT2D eigenvalue weighted by Gasteiger charge is -2.31. The minimum absolute atomic E-state index is 0.0512. The largest absolute Gasteiger partial charge is 0.481 e. The number of fused-ring (bicyclic) bond motifs is 2. The van der Waals surface area contributed by atoms with Crippen molar-refractivity contribution < 1.29 is 19.8 Å². The van der Waals surface area contributed by atoms with Gasteiger partial charge in [0.1, 0.15) is 0 Å². The van der Waals surface area contributed by atoms with E-state index >= 15 is 0 Å². The molecule has 6 heteroatoms. The molecule has 4 atom stereocenters. The van der Waals surface area contributed by atoms with Crippen LogP contribution in [0.5, 0.6) is 0 Å². The second kappa shape index (κ2) is 6.43. The van der Waals surface area contributed by atoms with Crippen molar-refractivity contribution in [3.8, 4) is 0 Å². The van der Waals surface area contributed by atoms with E-state index in [1.54, 1.807) is 4.90 Å². The molecule has 20 heavy (non-hydrogen) atoms. The molecule has 0 aromatic carbocycles. The summed E-state index contributed by atoms with van der Waals surface area (Å²) in [4.78, 5) is 25.2. The highest BCUT2D eigenvalue weighted by molar-refractivity contribution is 5.77. The van der Waals surface area contributed by atoms with Crippen molar-refractivity contribution in [2.24, 2.45) is 17.8 Å². The van der Waals surface area contributed by atoms with Gasteiger partial charge in [-0.15, -0.1) is 0 Å². The van der Waals surface area contributed by atoms with Crippen molar-refractivity contribution in [2.75, 3.05) is 19.7 Å². The number of carboxylic acid groups (broad SMARTS) is 1. The van der Waals surface area contributed by atoms with E-state index in [0.29, 0.717) is 25.4 Å². The van der Waals surface area contributed by atoms with Gasteiger partial charge in [-0.05, 0) is 44.4 Å². The summed E-state index contributed by atoms with van der Waals surface area (Å²) in [6.45, 7) is 2.99. The summed E-state index contributed by atoms with van der Waals surface area (Å²) in [5.74, 6) is -0.702. The Morgan fingerprint density at radius 2 is 2.00 bits per heavy atom. The minimum Gasteiger partial charge on any atom is -0.481 e. The maximum Gasteiger partial charge on any atom is 0.317 e. The SMILES string of the molecule is CCN(CCCO)C(=O)NC1C2CCC(C2)C1C(=O)O. The molecule has 0 spiro atoms. The van der Waals surface area contributed by atoms with Gasteiger partial charge in [0.25, 0.3) is 0 Å². The van der Waals surface area contributed by atoms with Gasteiger partial charge < -0.3 is 20.4 Å². The molecule has 2 aliphatic carbocycles. The van der Waals surface area contributed by atoms with Crippen molar-refractivity contribution in [3.05, 3.63) is 0 Å². The van der Waals surface area contributed by atoms with Crippen LogP contribution >= 0.6 is 0 Å². The van der Waals surface area contributed by atoms with Gasteiger partial charge >= 0.3 is 12.0 Å². The first-order valence-corrected chi connectivity index (χ1v) is 7.47. The Hall–Kier alpha value is -1.30. The highest BCUT2D eigenvalue weighted by Crippen LogP contribution is 2.48. The monoisotopic (exact) mass is 284 g/mol. The Labute approximate surface area is 119 Å². The van der Waals surface area contributed by atoms with Gasteiger partial charge in [-0.2, -0.15) is 0 Å². The molecule has 0 saturated heterocycles. The van der Waals surface area contributed by atoms with E-state index in [9.17, 15) is 14.7 Å². The van der Waals surface area contributed by atoms with Crippen LogP contribution in [-0.4, -0.2) is 52.9 Å². The summed E-state index contributed by atoms with van der Waals surface area (Å²) in [5, 5.41) is 21.1. The average Bonchev–Trinajstić information content (AvgIpc) is 3.00. The van der Waals surface area contributed by atoms with Crippen LogP contribution < -0.4 is 5.32 Å². The normalized spacial score (nSPS) is 31.3. The van der Waals surface area contributed by atoms with E-state index in [1.165, 1.54) is 0 Å². The first-order valence-electron chi connectivity index (χ1n) is 7.47. The number of rotatable bonds is 6. The number of nitrogens with one attached hydrogen (secondary N) is 1. The van der Waals surface area contributed by atoms with Crippen LogP contribution in [0.3, 0.4) is 0 Å². The predicted octanol–water partition coefficient (Wildman–Crippen LogP) is 0.900. The fourth-order valence-corrected chi connectivity index (χ4v) is 3.75. The molecule has 6 nitrogen and oxygen atoms in total. The Morgan fingerprint density at radius 3 is 2.60 bits per heavy atom. The van der Waals surface area contributed by atoms with Crippen LogP contribution in [0.1, 0.15) is 32.6 Å². The molecule has 0 aliphatic heterocycles. The van der Waals surface area contributed by atoms with Gasteiger partial charge in [0.15, 0.2) is 0 Å². The fraction of sp³-hybridized carbons (Fsp3) is 0.857. The fourth-order valence-electron chi connectivity index (χ4n) is 3.75. The van der Waals surface area contributed by atoms with Gasteiger partial charge in [-0.1, -0.05) is 0 Å². The molecule has 4 unspecified atom stereocenters. The molecule has 0 aromatic heterocycles. The summed E-state index contributed by atoms with van der Waals surface area (Å²) in [7, 11) is 0. The summed E-state index contributed by atoms with van der Waals surface area (Å²) < 4.78 is 0. The highest BCUT2D eigenvalue weighted by Gasteiger charge is 2.51. The second-order valence-electron chi connectivity index (χ2n) is 5.83. The number of carbonyl (C=O) groups is 2. The molecule has 2 fully saturated rings. The number of urea groups is 1.